The molecule has 1 aliphatic heterocycles. The number of hydrogen-bond acceptors (Lipinski definition) is 3. The van der Waals surface area contributed by atoms with E-state index in [4.69, 9.17) is 4.74 Å². The monoisotopic (exact) mass is 349 g/mol. The summed E-state index contributed by atoms with van der Waals surface area (Å²) in [5, 5.41) is 0. The first-order valence-electron chi connectivity index (χ1n) is 8.18. The van der Waals surface area contributed by atoms with Gasteiger partial charge in [0.25, 0.3) is 5.91 Å². The summed E-state index contributed by atoms with van der Waals surface area (Å²) in [5.74, 6) is -1.54. The summed E-state index contributed by atoms with van der Waals surface area (Å²) < 4.78 is 32.9. The Balaban J connectivity index is 1.91. The first-order valence-corrected chi connectivity index (χ1v) is 8.18. The number of esters is 1. The van der Waals surface area contributed by atoms with Crippen LogP contribution in [0.2, 0.25) is 0 Å². The third-order valence-corrected chi connectivity index (χ3v) is 4.58. The van der Waals surface area contributed by atoms with Gasteiger partial charge in [-0.1, -0.05) is 12.6 Å². The largest absolute Gasteiger partial charge is 0.459 e. The highest BCUT2D eigenvalue weighted by molar-refractivity contribution is 5.99. The van der Waals surface area contributed by atoms with Crippen molar-refractivity contribution in [2.45, 2.75) is 44.4 Å². The van der Waals surface area contributed by atoms with Crippen LogP contribution in [0.5, 0.6) is 0 Å². The Morgan fingerprint density at radius 3 is 2.60 bits per heavy atom. The van der Waals surface area contributed by atoms with Crippen molar-refractivity contribution in [2.75, 3.05) is 13.1 Å². The summed E-state index contributed by atoms with van der Waals surface area (Å²) >= 11 is 0. The second kappa shape index (κ2) is 5.64. The molecule has 1 aromatic rings. The normalized spacial score (nSPS) is 24.9. The first kappa shape index (κ1) is 17.6. The molecule has 2 atom stereocenters. The van der Waals surface area contributed by atoms with E-state index in [0.29, 0.717) is 11.1 Å². The third-order valence-electron chi connectivity index (χ3n) is 4.58. The van der Waals surface area contributed by atoms with Crippen LogP contribution in [-0.4, -0.2) is 41.6 Å². The van der Waals surface area contributed by atoms with Crippen LogP contribution in [0.25, 0.3) is 5.83 Å². The molecule has 3 rings (SSSR count). The average Bonchev–Trinajstić information content (AvgIpc) is 3.12. The predicted octanol–water partition coefficient (Wildman–Crippen LogP) is 3.40. The van der Waals surface area contributed by atoms with Crippen LogP contribution < -0.4 is 0 Å². The van der Waals surface area contributed by atoms with Crippen LogP contribution in [0, 0.1) is 0 Å². The van der Waals surface area contributed by atoms with Crippen LogP contribution in [-0.2, 0) is 14.9 Å². The number of alkyl halides is 1. The van der Waals surface area contributed by atoms with Crippen LogP contribution in [0.3, 0.4) is 0 Å². The van der Waals surface area contributed by atoms with Crippen LogP contribution in [0.4, 0.5) is 8.78 Å². The van der Waals surface area contributed by atoms with Crippen molar-refractivity contribution in [2.24, 2.45) is 0 Å². The molecule has 134 valence electrons. The molecule has 1 aliphatic carbocycles. The van der Waals surface area contributed by atoms with Gasteiger partial charge < -0.3 is 9.64 Å². The number of nitrogens with zero attached hydrogens (tertiary/aromatic N) is 1. The van der Waals surface area contributed by atoms with Gasteiger partial charge in [-0.05, 0) is 44.9 Å². The molecule has 6 heteroatoms. The number of rotatable bonds is 3. The minimum atomic E-state index is -1.12. The molecule has 0 bridgehead atoms. The van der Waals surface area contributed by atoms with Crippen molar-refractivity contribution in [3.8, 4) is 0 Å². The minimum Gasteiger partial charge on any atom is -0.459 e. The zero-order valence-electron chi connectivity index (χ0n) is 14.6. The van der Waals surface area contributed by atoms with Gasteiger partial charge in [0.05, 0.1) is 0 Å². The van der Waals surface area contributed by atoms with E-state index in [-0.39, 0.29) is 31.0 Å². The summed E-state index contributed by atoms with van der Waals surface area (Å²) in [6.45, 7) is 8.32. The zero-order chi connectivity index (χ0) is 18.6. The number of carbonyl (C=O) groups excluding carboxylic acids is 2. The van der Waals surface area contributed by atoms with Crippen molar-refractivity contribution in [1.29, 1.82) is 0 Å². The first-order chi connectivity index (χ1) is 11.5. The molecule has 0 aromatic heterocycles. The maximum Gasteiger partial charge on any atom is 0.326 e. The Morgan fingerprint density at radius 1 is 1.44 bits per heavy atom. The van der Waals surface area contributed by atoms with Gasteiger partial charge >= 0.3 is 5.97 Å². The van der Waals surface area contributed by atoms with E-state index >= 15 is 0 Å². The van der Waals surface area contributed by atoms with Gasteiger partial charge in [-0.15, -0.1) is 0 Å². The van der Waals surface area contributed by atoms with E-state index in [9.17, 15) is 18.4 Å². The SMILES string of the molecule is C=C(F)c1ccc2c(c1)[C@]1(CC1F)CN(CC(=O)OC(C)(C)C)C2=O. The molecule has 25 heavy (non-hydrogen) atoms. The molecule has 1 heterocycles. The van der Waals surface area contributed by atoms with E-state index in [0.717, 1.165) is 0 Å². The number of hydrogen-bond donors (Lipinski definition) is 0. The zero-order valence-corrected chi connectivity index (χ0v) is 14.6. The molecule has 1 saturated carbocycles. The van der Waals surface area contributed by atoms with Gasteiger partial charge in [0.15, 0.2) is 0 Å². The lowest BCUT2D eigenvalue weighted by atomic mass is 9.85. The van der Waals surface area contributed by atoms with Crippen LogP contribution in [0.15, 0.2) is 24.8 Å². The Hall–Kier alpha value is -2.24. The van der Waals surface area contributed by atoms with Gasteiger partial charge in [0.1, 0.15) is 24.1 Å². The Kier molecular flexibility index (Phi) is 3.97. The van der Waals surface area contributed by atoms with Crippen LogP contribution >= 0.6 is 0 Å². The fourth-order valence-electron chi connectivity index (χ4n) is 3.34. The van der Waals surface area contributed by atoms with Crippen molar-refractivity contribution in [3.63, 3.8) is 0 Å². The quantitative estimate of drug-likeness (QED) is 0.786. The van der Waals surface area contributed by atoms with Crippen molar-refractivity contribution in [1.82, 2.24) is 4.90 Å². The van der Waals surface area contributed by atoms with E-state index in [1.54, 1.807) is 20.8 Å². The van der Waals surface area contributed by atoms with Crippen molar-refractivity contribution < 1.29 is 23.1 Å². The van der Waals surface area contributed by atoms with Gasteiger partial charge in [0.2, 0.25) is 0 Å². The lowest BCUT2D eigenvalue weighted by Gasteiger charge is -2.34. The molecule has 1 aromatic carbocycles. The van der Waals surface area contributed by atoms with Gasteiger partial charge in [-0.3, -0.25) is 9.59 Å². The van der Waals surface area contributed by atoms with Gasteiger partial charge in [-0.2, -0.15) is 0 Å². The number of carbonyl (C=O) groups is 2. The van der Waals surface area contributed by atoms with Crippen LogP contribution in [0.1, 0.15) is 48.7 Å². The fourth-order valence-corrected chi connectivity index (χ4v) is 3.34. The second-order valence-corrected chi connectivity index (χ2v) is 7.74. The topological polar surface area (TPSA) is 46.6 Å². The number of benzene rings is 1. The van der Waals surface area contributed by atoms with E-state index in [2.05, 4.69) is 6.58 Å². The maximum absolute atomic E-state index is 14.2. The maximum atomic E-state index is 14.2. The second-order valence-electron chi connectivity index (χ2n) is 7.74. The molecule has 2 aliphatic rings. The lowest BCUT2D eigenvalue weighted by Crippen LogP contribution is -2.47. The molecule has 4 nitrogen and oxygen atoms in total. The summed E-state index contributed by atoms with van der Waals surface area (Å²) in [4.78, 5) is 26.1. The lowest BCUT2D eigenvalue weighted by molar-refractivity contribution is -0.155. The fraction of sp³-hybridized carbons (Fsp3) is 0.474. The molecule has 0 N–H and O–H groups in total. The van der Waals surface area contributed by atoms with E-state index in [1.165, 1.54) is 23.1 Å². The van der Waals surface area contributed by atoms with Crippen molar-refractivity contribution in [3.05, 3.63) is 41.5 Å². The summed E-state index contributed by atoms with van der Waals surface area (Å²) in [6, 6.07) is 4.42. The number of amides is 1. The molecule has 1 fully saturated rings. The number of halogens is 2. The molecular formula is C19H21F2NO3. The third kappa shape index (κ3) is 3.17. The minimum absolute atomic E-state index is 0.0848. The summed E-state index contributed by atoms with van der Waals surface area (Å²) in [5.41, 5.74) is -0.479. The van der Waals surface area contributed by atoms with E-state index < -0.39 is 29.0 Å². The van der Waals surface area contributed by atoms with Gasteiger partial charge in [0, 0.05) is 23.1 Å². The highest BCUT2D eigenvalue weighted by Gasteiger charge is 2.61. The summed E-state index contributed by atoms with van der Waals surface area (Å²) in [7, 11) is 0. The summed E-state index contributed by atoms with van der Waals surface area (Å²) in [6.07, 6.45) is -0.871. The number of ether oxygens (including phenoxy) is 1. The predicted molar refractivity (Wildman–Crippen MR) is 89.5 cm³/mol. The Morgan fingerprint density at radius 2 is 2.08 bits per heavy atom. The highest BCUT2D eigenvalue weighted by atomic mass is 19.1. The molecule has 0 saturated heterocycles. The molecule has 1 spiro atoms. The molecule has 0 radical (unpaired) electrons. The average molecular weight is 349 g/mol. The Labute approximate surface area is 145 Å². The smallest absolute Gasteiger partial charge is 0.326 e. The van der Waals surface area contributed by atoms with Gasteiger partial charge in [-0.25, -0.2) is 8.78 Å². The standard InChI is InChI=1S/C19H21F2NO3/c1-11(20)12-5-6-13-14(7-12)19(8-15(19)21)10-22(17(13)24)9-16(23)25-18(2,3)4/h5-7,15H,1,8-10H2,2-4H3/t15?,19-/m0/s1. The van der Waals surface area contributed by atoms with E-state index in [1.807, 2.05) is 0 Å². The number of fused-ring (bicyclic) bond motifs is 2. The molecule has 1 amide bonds. The highest BCUT2D eigenvalue weighted by Crippen LogP contribution is 2.54. The van der Waals surface area contributed by atoms with Crippen molar-refractivity contribution >= 4 is 17.7 Å². The molecule has 1 unspecified atom stereocenters. The Bertz CT molecular complexity index is 768. The molecular weight excluding hydrogens is 328 g/mol.